The maximum atomic E-state index is 8.94. The van der Waals surface area contributed by atoms with Crippen LogP contribution in [0.2, 0.25) is 0 Å². The van der Waals surface area contributed by atoms with E-state index in [9.17, 15) is 0 Å². The first kappa shape index (κ1) is 15.7. The molecule has 0 aliphatic heterocycles. The molecule has 0 aliphatic carbocycles. The Bertz CT molecular complexity index is 110. The molecule has 0 fully saturated rings. The maximum Gasteiger partial charge on any atom is 1.00 e. The molecular weight excluding hydrogens is 232 g/mol. The van der Waals surface area contributed by atoms with Crippen LogP contribution in [-0.2, 0) is 17.1 Å². The molecule has 0 aromatic rings. The van der Waals surface area contributed by atoms with Crippen molar-refractivity contribution in [2.75, 3.05) is 6.61 Å². The summed E-state index contributed by atoms with van der Waals surface area (Å²) in [6.07, 6.45) is -6.62. The van der Waals surface area contributed by atoms with Crippen molar-refractivity contribution in [3.05, 3.63) is 6.61 Å². The van der Waals surface area contributed by atoms with Crippen LogP contribution in [0.4, 0.5) is 0 Å². The van der Waals surface area contributed by atoms with E-state index >= 15 is 0 Å². The van der Waals surface area contributed by atoms with Gasteiger partial charge in [-0.3, -0.25) is 0 Å². The van der Waals surface area contributed by atoms with Gasteiger partial charge in [-0.2, -0.15) is 6.61 Å². The number of hydrogen-bond donors (Lipinski definition) is 6. The van der Waals surface area contributed by atoms with Gasteiger partial charge in [-0.15, -0.1) is 0 Å². The van der Waals surface area contributed by atoms with Gasteiger partial charge < -0.3 is 30.6 Å². The molecule has 0 unspecified atom stereocenters. The van der Waals surface area contributed by atoms with Gasteiger partial charge in [0.2, 0.25) is 0 Å². The molecule has 0 saturated heterocycles. The Morgan fingerprint density at radius 3 is 1.77 bits per heavy atom. The molecule has 0 heterocycles. The van der Waals surface area contributed by atoms with Crippen molar-refractivity contribution in [1.29, 1.82) is 0 Å². The predicted octanol–water partition coefficient (Wildman–Crippen LogP) is -3.05. The van der Waals surface area contributed by atoms with Crippen molar-refractivity contribution in [1.82, 2.24) is 0 Å². The Morgan fingerprint density at radius 2 is 1.46 bits per heavy atom. The number of aliphatic hydroxyl groups is 6. The molecule has 6 nitrogen and oxygen atoms in total. The van der Waals surface area contributed by atoms with E-state index in [1.54, 1.807) is 0 Å². The molecule has 0 aromatic carbocycles. The summed E-state index contributed by atoms with van der Waals surface area (Å²) in [6.45, 7) is -0.464. The van der Waals surface area contributed by atoms with Gasteiger partial charge in [0.05, 0.1) is 12.7 Å². The second kappa shape index (κ2) is 7.66. The van der Waals surface area contributed by atoms with Crippen molar-refractivity contribution in [2.45, 2.75) is 24.4 Å². The van der Waals surface area contributed by atoms with Crippen LogP contribution in [0.1, 0.15) is 0 Å². The maximum absolute atomic E-state index is 8.94. The van der Waals surface area contributed by atoms with Crippen molar-refractivity contribution in [2.24, 2.45) is 0 Å². The number of rotatable bonds is 5. The minimum atomic E-state index is -1.72. The zero-order valence-corrected chi connectivity index (χ0v) is 7.52. The quantitative estimate of drug-likeness (QED) is 0.226. The Morgan fingerprint density at radius 1 is 1.00 bits per heavy atom. The standard InChI is InChI=1S/C6H13O6.Cu/c7-1-3(9)5(11)6(12)4(10)2-8;/h1,3-12H,2H2;/q-1;+1/t3-,4+,5+,6+;/m0./s1. The second-order valence-corrected chi connectivity index (χ2v) is 2.37. The van der Waals surface area contributed by atoms with Crippen LogP contribution in [0.5, 0.6) is 0 Å². The van der Waals surface area contributed by atoms with E-state index in [4.69, 9.17) is 30.6 Å². The molecule has 0 radical (unpaired) electrons. The first-order chi connectivity index (χ1) is 5.54. The van der Waals surface area contributed by atoms with E-state index in [2.05, 4.69) is 0 Å². The fourth-order valence-electron chi connectivity index (χ4n) is 0.626. The fourth-order valence-corrected chi connectivity index (χ4v) is 0.626. The first-order valence-electron chi connectivity index (χ1n) is 3.35. The molecule has 0 aromatic heterocycles. The first-order valence-corrected chi connectivity index (χ1v) is 3.35. The second-order valence-electron chi connectivity index (χ2n) is 2.37. The Kier molecular flexibility index (Phi) is 9.28. The Labute approximate surface area is 85.9 Å². The molecule has 84 valence electrons. The summed E-state index contributed by atoms with van der Waals surface area (Å²) < 4.78 is 0. The Hall–Kier alpha value is 0.279. The molecule has 0 aliphatic rings. The molecule has 0 saturated carbocycles. The van der Waals surface area contributed by atoms with Gasteiger partial charge in [-0.25, -0.2) is 0 Å². The van der Waals surface area contributed by atoms with Gasteiger partial charge in [0.15, 0.2) is 0 Å². The minimum absolute atomic E-state index is 0. The smallest absolute Gasteiger partial charge is 0.563 e. The molecule has 13 heavy (non-hydrogen) atoms. The number of aliphatic hydroxyl groups excluding tert-OH is 6. The van der Waals surface area contributed by atoms with Gasteiger partial charge in [0.1, 0.15) is 12.2 Å². The molecule has 7 heteroatoms. The third-order valence-corrected chi connectivity index (χ3v) is 1.43. The monoisotopic (exact) mass is 244 g/mol. The average Bonchev–Trinajstić information content (AvgIpc) is 2.12. The molecule has 0 bridgehead atoms. The van der Waals surface area contributed by atoms with Crippen LogP contribution in [0, 0.1) is 6.61 Å². The van der Waals surface area contributed by atoms with Crippen LogP contribution in [0.15, 0.2) is 0 Å². The topological polar surface area (TPSA) is 121 Å². The van der Waals surface area contributed by atoms with Crippen molar-refractivity contribution < 1.29 is 47.7 Å². The SMILES string of the molecule is O[CH-][C@H](O)[C@@H](O)[C@H](O)[C@H](O)CO.[Cu+]. The van der Waals surface area contributed by atoms with Gasteiger partial charge >= 0.3 is 17.1 Å². The largest absolute Gasteiger partial charge is 1.00 e. The summed E-state index contributed by atoms with van der Waals surface area (Å²) >= 11 is 0. The summed E-state index contributed by atoms with van der Waals surface area (Å²) in [5.74, 6) is 0. The summed E-state index contributed by atoms with van der Waals surface area (Å²) in [4.78, 5) is 0. The van der Waals surface area contributed by atoms with Gasteiger partial charge in [0.25, 0.3) is 0 Å². The average molecular weight is 245 g/mol. The molecule has 0 rings (SSSR count). The van der Waals surface area contributed by atoms with E-state index < -0.39 is 31.0 Å². The van der Waals surface area contributed by atoms with Crippen LogP contribution >= 0.6 is 0 Å². The van der Waals surface area contributed by atoms with Crippen LogP contribution in [0.3, 0.4) is 0 Å². The zero-order valence-electron chi connectivity index (χ0n) is 6.58. The summed E-state index contributed by atoms with van der Waals surface area (Å²) in [5, 5.41) is 51.9. The molecule has 0 spiro atoms. The Balaban J connectivity index is 0. The van der Waals surface area contributed by atoms with Gasteiger partial charge in [-0.05, 0) is 6.10 Å². The van der Waals surface area contributed by atoms with E-state index in [0.29, 0.717) is 0 Å². The molecular formula is C6H13CuO6. The number of hydrogen-bond acceptors (Lipinski definition) is 6. The summed E-state index contributed by atoms with van der Waals surface area (Å²) in [6, 6.07) is 0. The van der Waals surface area contributed by atoms with Crippen LogP contribution < -0.4 is 0 Å². The molecule has 4 atom stereocenters. The van der Waals surface area contributed by atoms with Crippen molar-refractivity contribution in [3.63, 3.8) is 0 Å². The van der Waals surface area contributed by atoms with E-state index in [1.165, 1.54) is 0 Å². The van der Waals surface area contributed by atoms with E-state index in [1.807, 2.05) is 0 Å². The normalized spacial score (nSPS) is 19.8. The summed E-state index contributed by atoms with van der Waals surface area (Å²) in [7, 11) is 0. The van der Waals surface area contributed by atoms with E-state index in [-0.39, 0.29) is 23.7 Å². The van der Waals surface area contributed by atoms with E-state index in [0.717, 1.165) is 0 Å². The van der Waals surface area contributed by atoms with Gasteiger partial charge in [-0.1, -0.05) is 0 Å². The van der Waals surface area contributed by atoms with Crippen molar-refractivity contribution in [3.8, 4) is 0 Å². The third kappa shape index (κ3) is 4.90. The predicted molar refractivity (Wildman–Crippen MR) is 37.3 cm³/mol. The fraction of sp³-hybridized carbons (Fsp3) is 0.833. The van der Waals surface area contributed by atoms with Crippen molar-refractivity contribution >= 4 is 0 Å². The van der Waals surface area contributed by atoms with Crippen LogP contribution in [0.25, 0.3) is 0 Å². The van der Waals surface area contributed by atoms with Crippen LogP contribution in [-0.4, -0.2) is 61.7 Å². The summed E-state index contributed by atoms with van der Waals surface area (Å²) in [5.41, 5.74) is 0. The third-order valence-electron chi connectivity index (χ3n) is 1.43. The molecule has 0 amide bonds. The zero-order chi connectivity index (χ0) is 9.72. The minimum Gasteiger partial charge on any atom is -0.563 e. The van der Waals surface area contributed by atoms with Gasteiger partial charge in [0, 0.05) is 0 Å². The molecule has 6 N–H and O–H groups in total.